The number of nitrogens with zero attached hydrogens (tertiary/aromatic N) is 2. The third-order valence-corrected chi connectivity index (χ3v) is 3.62. The summed E-state index contributed by atoms with van der Waals surface area (Å²) in [6.45, 7) is 3.51. The Morgan fingerprint density at radius 3 is 3.14 bits per heavy atom. The summed E-state index contributed by atoms with van der Waals surface area (Å²) < 4.78 is 13.2. The molecule has 0 spiro atoms. The number of benzene rings is 1. The van der Waals surface area contributed by atoms with Gasteiger partial charge in [0.1, 0.15) is 11.9 Å². The zero-order valence-corrected chi connectivity index (χ0v) is 12.5. The summed E-state index contributed by atoms with van der Waals surface area (Å²) in [7, 11) is 1.70. The number of imidazole rings is 1. The molecule has 1 aromatic heterocycles. The van der Waals surface area contributed by atoms with Gasteiger partial charge in [-0.25, -0.2) is 4.98 Å². The van der Waals surface area contributed by atoms with Gasteiger partial charge in [0.25, 0.3) is 0 Å². The van der Waals surface area contributed by atoms with Crippen molar-refractivity contribution in [2.24, 2.45) is 0 Å². The van der Waals surface area contributed by atoms with Gasteiger partial charge in [-0.2, -0.15) is 0 Å². The predicted octanol–water partition coefficient (Wildman–Crippen LogP) is 2.33. The van der Waals surface area contributed by atoms with E-state index in [9.17, 15) is 0 Å². The lowest BCUT2D eigenvalue weighted by molar-refractivity contribution is 0.189. The third-order valence-electron chi connectivity index (χ3n) is 3.62. The van der Waals surface area contributed by atoms with E-state index in [4.69, 9.17) is 9.47 Å². The van der Waals surface area contributed by atoms with Crippen LogP contribution in [0.5, 0.6) is 5.75 Å². The zero-order chi connectivity index (χ0) is 14.7. The Labute approximate surface area is 124 Å². The van der Waals surface area contributed by atoms with Crippen molar-refractivity contribution in [3.05, 3.63) is 42.2 Å². The van der Waals surface area contributed by atoms with Crippen LogP contribution >= 0.6 is 0 Å². The highest BCUT2D eigenvalue weighted by Gasteiger charge is 2.23. The Bertz CT molecular complexity index is 572. The molecule has 1 N–H and O–H groups in total. The standard InChI is InChI=1S/C16H21N3O2/c1-12(11-20-2)18-16-17-7-8-19(16)10-14-9-13-5-3-4-6-15(13)21-14/h3-8,12,14H,9-11H2,1-2H3,(H,17,18). The lowest BCUT2D eigenvalue weighted by atomic mass is 10.1. The predicted molar refractivity (Wildman–Crippen MR) is 81.7 cm³/mol. The SMILES string of the molecule is COCC(C)Nc1nccn1CC1Cc2ccccc2O1. The Morgan fingerprint density at radius 1 is 1.48 bits per heavy atom. The highest BCUT2D eigenvalue weighted by atomic mass is 16.5. The lowest BCUT2D eigenvalue weighted by Crippen LogP contribution is -2.26. The van der Waals surface area contributed by atoms with Crippen LogP contribution < -0.4 is 10.1 Å². The minimum Gasteiger partial charge on any atom is -0.488 e. The molecule has 0 saturated heterocycles. The van der Waals surface area contributed by atoms with Crippen LogP contribution in [-0.2, 0) is 17.7 Å². The van der Waals surface area contributed by atoms with E-state index in [1.807, 2.05) is 24.5 Å². The van der Waals surface area contributed by atoms with Crippen molar-refractivity contribution in [3.8, 4) is 5.75 Å². The molecule has 0 bridgehead atoms. The van der Waals surface area contributed by atoms with E-state index in [1.54, 1.807) is 7.11 Å². The lowest BCUT2D eigenvalue weighted by Gasteiger charge is -2.17. The highest BCUT2D eigenvalue weighted by molar-refractivity contribution is 5.37. The van der Waals surface area contributed by atoms with Gasteiger partial charge in [0.05, 0.1) is 13.2 Å². The summed E-state index contributed by atoms with van der Waals surface area (Å²) in [5.74, 6) is 1.86. The van der Waals surface area contributed by atoms with E-state index < -0.39 is 0 Å². The largest absolute Gasteiger partial charge is 0.488 e. The van der Waals surface area contributed by atoms with Crippen LogP contribution in [0.15, 0.2) is 36.7 Å². The molecule has 2 atom stereocenters. The van der Waals surface area contributed by atoms with Crippen molar-refractivity contribution in [1.82, 2.24) is 9.55 Å². The molecule has 0 saturated carbocycles. The molecule has 5 heteroatoms. The van der Waals surface area contributed by atoms with E-state index in [1.165, 1.54) is 5.56 Å². The van der Waals surface area contributed by atoms with Crippen LogP contribution in [0.3, 0.4) is 0 Å². The Morgan fingerprint density at radius 2 is 2.33 bits per heavy atom. The summed E-state index contributed by atoms with van der Waals surface area (Å²) in [5.41, 5.74) is 1.28. The first-order valence-corrected chi connectivity index (χ1v) is 7.27. The van der Waals surface area contributed by atoms with E-state index >= 15 is 0 Å². The summed E-state index contributed by atoms with van der Waals surface area (Å²) in [5, 5.41) is 3.36. The number of para-hydroxylation sites is 1. The van der Waals surface area contributed by atoms with Crippen LogP contribution in [0.1, 0.15) is 12.5 Å². The van der Waals surface area contributed by atoms with Crippen molar-refractivity contribution in [3.63, 3.8) is 0 Å². The Kier molecular flexibility index (Phi) is 4.10. The highest BCUT2D eigenvalue weighted by Crippen LogP contribution is 2.29. The maximum absolute atomic E-state index is 5.99. The summed E-state index contributed by atoms with van der Waals surface area (Å²) in [6, 6.07) is 8.45. The molecule has 0 aliphatic carbocycles. The van der Waals surface area contributed by atoms with E-state index in [2.05, 4.69) is 33.9 Å². The van der Waals surface area contributed by atoms with Gasteiger partial charge in [-0.1, -0.05) is 18.2 Å². The minimum atomic E-state index is 0.162. The third kappa shape index (κ3) is 3.19. The summed E-state index contributed by atoms with van der Waals surface area (Å²) >= 11 is 0. The van der Waals surface area contributed by atoms with E-state index in [0.29, 0.717) is 6.61 Å². The number of aromatic nitrogens is 2. The van der Waals surface area contributed by atoms with Crippen LogP contribution in [-0.4, -0.2) is 35.4 Å². The fourth-order valence-electron chi connectivity index (χ4n) is 2.68. The first-order valence-electron chi connectivity index (χ1n) is 7.27. The quantitative estimate of drug-likeness (QED) is 0.886. The average Bonchev–Trinajstić information content (AvgIpc) is 3.06. The number of hydrogen-bond donors (Lipinski definition) is 1. The van der Waals surface area contributed by atoms with Gasteiger partial charge < -0.3 is 19.4 Å². The monoisotopic (exact) mass is 287 g/mol. The van der Waals surface area contributed by atoms with Gasteiger partial charge >= 0.3 is 0 Å². The molecule has 1 aliphatic rings. The van der Waals surface area contributed by atoms with Gasteiger partial charge in [0.2, 0.25) is 5.95 Å². The molecule has 1 aromatic carbocycles. The zero-order valence-electron chi connectivity index (χ0n) is 12.5. The van der Waals surface area contributed by atoms with Gasteiger partial charge in [-0.05, 0) is 18.6 Å². The molecule has 2 aromatic rings. The van der Waals surface area contributed by atoms with Gasteiger partial charge in [0.15, 0.2) is 0 Å². The molecule has 2 heterocycles. The van der Waals surface area contributed by atoms with Crippen molar-refractivity contribution >= 4 is 5.95 Å². The minimum absolute atomic E-state index is 0.162. The topological polar surface area (TPSA) is 48.3 Å². The van der Waals surface area contributed by atoms with Crippen molar-refractivity contribution < 1.29 is 9.47 Å². The van der Waals surface area contributed by atoms with E-state index in [0.717, 1.165) is 24.7 Å². The van der Waals surface area contributed by atoms with Crippen molar-refractivity contribution in [2.75, 3.05) is 19.0 Å². The van der Waals surface area contributed by atoms with Crippen LogP contribution in [0.4, 0.5) is 5.95 Å². The van der Waals surface area contributed by atoms with Gasteiger partial charge in [0, 0.05) is 32.0 Å². The molecular formula is C16H21N3O2. The second kappa shape index (κ2) is 6.18. The molecule has 1 aliphatic heterocycles. The Balaban J connectivity index is 1.63. The number of fused-ring (bicyclic) bond motifs is 1. The maximum Gasteiger partial charge on any atom is 0.203 e. The second-order valence-corrected chi connectivity index (χ2v) is 5.46. The number of ether oxygens (including phenoxy) is 2. The number of rotatable bonds is 6. The fourth-order valence-corrected chi connectivity index (χ4v) is 2.68. The molecule has 0 radical (unpaired) electrons. The number of methoxy groups -OCH3 is 1. The van der Waals surface area contributed by atoms with Crippen LogP contribution in [0.25, 0.3) is 0 Å². The molecule has 3 rings (SSSR count). The number of nitrogens with one attached hydrogen (secondary N) is 1. The molecule has 112 valence electrons. The molecule has 0 amide bonds. The molecule has 21 heavy (non-hydrogen) atoms. The normalized spacial score (nSPS) is 18.1. The molecule has 5 nitrogen and oxygen atoms in total. The smallest absolute Gasteiger partial charge is 0.203 e. The van der Waals surface area contributed by atoms with Gasteiger partial charge in [-0.3, -0.25) is 0 Å². The first-order chi connectivity index (χ1) is 10.3. The number of anilines is 1. The van der Waals surface area contributed by atoms with Crippen LogP contribution in [0.2, 0.25) is 0 Å². The number of hydrogen-bond acceptors (Lipinski definition) is 4. The summed E-state index contributed by atoms with van der Waals surface area (Å²) in [4.78, 5) is 4.37. The van der Waals surface area contributed by atoms with Crippen molar-refractivity contribution in [1.29, 1.82) is 0 Å². The molecule has 0 fully saturated rings. The van der Waals surface area contributed by atoms with Gasteiger partial charge in [-0.15, -0.1) is 0 Å². The maximum atomic E-state index is 5.99. The summed E-state index contributed by atoms with van der Waals surface area (Å²) in [6.07, 6.45) is 4.90. The van der Waals surface area contributed by atoms with E-state index in [-0.39, 0.29) is 12.1 Å². The fraction of sp³-hybridized carbons (Fsp3) is 0.438. The second-order valence-electron chi connectivity index (χ2n) is 5.46. The van der Waals surface area contributed by atoms with Crippen LogP contribution in [0, 0.1) is 0 Å². The first kappa shape index (κ1) is 13.9. The molecular weight excluding hydrogens is 266 g/mol. The molecule has 2 unspecified atom stereocenters. The van der Waals surface area contributed by atoms with Crippen molar-refractivity contribution in [2.45, 2.75) is 32.0 Å². The average molecular weight is 287 g/mol. The Hall–Kier alpha value is -2.01.